The van der Waals surface area contributed by atoms with Crippen molar-refractivity contribution in [2.75, 3.05) is 7.05 Å². The Bertz CT molecular complexity index is 428. The highest BCUT2D eigenvalue weighted by molar-refractivity contribution is 9.10. The molecule has 0 aliphatic rings. The quantitative estimate of drug-likeness (QED) is 0.785. The highest BCUT2D eigenvalue weighted by Crippen LogP contribution is 2.42. The molecule has 20 heavy (non-hydrogen) atoms. The molecule has 0 radical (unpaired) electrons. The van der Waals surface area contributed by atoms with Crippen LogP contribution in [0, 0.1) is 5.92 Å². The zero-order valence-electron chi connectivity index (χ0n) is 10.3. The molecule has 0 bridgehead atoms. The van der Waals surface area contributed by atoms with Gasteiger partial charge in [-0.2, -0.15) is 26.3 Å². The van der Waals surface area contributed by atoms with Crippen molar-refractivity contribution >= 4 is 15.9 Å². The zero-order valence-corrected chi connectivity index (χ0v) is 11.9. The first-order valence-electron chi connectivity index (χ1n) is 5.61. The number of hydrogen-bond donors (Lipinski definition) is 1. The number of hydrogen-bond acceptors (Lipinski definition) is 1. The predicted octanol–water partition coefficient (Wildman–Crippen LogP) is 4.32. The summed E-state index contributed by atoms with van der Waals surface area (Å²) in [5, 5.41) is 2.13. The molecule has 0 fully saturated rings. The maximum Gasteiger partial charge on any atom is 0.402 e. The Morgan fingerprint density at radius 1 is 1.05 bits per heavy atom. The first-order valence-corrected chi connectivity index (χ1v) is 6.40. The first kappa shape index (κ1) is 17.3. The summed E-state index contributed by atoms with van der Waals surface area (Å²) in [5.41, 5.74) is 0.380. The summed E-state index contributed by atoms with van der Waals surface area (Å²) < 4.78 is 76.6. The van der Waals surface area contributed by atoms with Crippen molar-refractivity contribution in [3.8, 4) is 0 Å². The summed E-state index contributed by atoms with van der Waals surface area (Å²) in [6, 6.07) is 4.46. The number of alkyl halides is 6. The average Bonchev–Trinajstić information content (AvgIpc) is 2.27. The molecule has 0 heterocycles. The van der Waals surface area contributed by atoms with E-state index in [1.54, 1.807) is 18.2 Å². The van der Waals surface area contributed by atoms with E-state index in [9.17, 15) is 26.3 Å². The molecule has 1 nitrogen and oxygen atoms in total. The van der Waals surface area contributed by atoms with Crippen LogP contribution in [-0.4, -0.2) is 25.4 Å². The molecule has 114 valence electrons. The van der Waals surface area contributed by atoms with E-state index in [1.165, 1.54) is 6.07 Å². The summed E-state index contributed by atoms with van der Waals surface area (Å²) >= 11 is 3.11. The summed E-state index contributed by atoms with van der Waals surface area (Å²) in [6.07, 6.45) is -11.1. The highest BCUT2D eigenvalue weighted by Gasteiger charge is 2.59. The lowest BCUT2D eigenvalue weighted by Gasteiger charge is -2.30. The number of rotatable bonds is 4. The molecule has 0 spiro atoms. The van der Waals surface area contributed by atoms with Gasteiger partial charge in [0.25, 0.3) is 0 Å². The Balaban J connectivity index is 3.07. The van der Waals surface area contributed by atoms with Crippen LogP contribution in [-0.2, 0) is 6.42 Å². The van der Waals surface area contributed by atoms with E-state index >= 15 is 0 Å². The maximum absolute atomic E-state index is 12.7. The second-order valence-electron chi connectivity index (χ2n) is 4.25. The van der Waals surface area contributed by atoms with Gasteiger partial charge in [-0.05, 0) is 25.1 Å². The van der Waals surface area contributed by atoms with E-state index in [0.29, 0.717) is 10.0 Å². The van der Waals surface area contributed by atoms with Crippen molar-refractivity contribution in [3.63, 3.8) is 0 Å². The molecule has 1 unspecified atom stereocenters. The van der Waals surface area contributed by atoms with Gasteiger partial charge in [-0.3, -0.25) is 0 Å². The van der Waals surface area contributed by atoms with Gasteiger partial charge in [0, 0.05) is 10.5 Å². The number of nitrogens with one attached hydrogen (secondary N) is 1. The van der Waals surface area contributed by atoms with Crippen LogP contribution in [0.2, 0.25) is 0 Å². The van der Waals surface area contributed by atoms with Crippen molar-refractivity contribution in [2.24, 2.45) is 5.92 Å². The van der Waals surface area contributed by atoms with Crippen molar-refractivity contribution in [2.45, 2.75) is 24.8 Å². The van der Waals surface area contributed by atoms with Crippen LogP contribution >= 0.6 is 15.9 Å². The van der Waals surface area contributed by atoms with Crippen LogP contribution in [0.4, 0.5) is 26.3 Å². The van der Waals surface area contributed by atoms with E-state index in [2.05, 4.69) is 21.2 Å². The molecule has 0 aliphatic carbocycles. The molecule has 8 heteroatoms. The molecular weight excluding hydrogens is 352 g/mol. The summed E-state index contributed by atoms with van der Waals surface area (Å²) in [6.45, 7) is 0. The van der Waals surface area contributed by atoms with E-state index in [-0.39, 0.29) is 6.42 Å². The lowest BCUT2D eigenvalue weighted by atomic mass is 9.92. The molecule has 1 N–H and O–H groups in total. The van der Waals surface area contributed by atoms with Gasteiger partial charge in [0.05, 0.1) is 0 Å². The third-order valence-corrected chi connectivity index (χ3v) is 3.65. The summed E-state index contributed by atoms with van der Waals surface area (Å²) in [4.78, 5) is 0. The van der Waals surface area contributed by atoms with Gasteiger partial charge < -0.3 is 5.32 Å². The fourth-order valence-corrected chi connectivity index (χ4v) is 2.38. The van der Waals surface area contributed by atoms with Crippen LogP contribution in [0.5, 0.6) is 0 Å². The van der Waals surface area contributed by atoms with Gasteiger partial charge in [-0.15, -0.1) is 0 Å². The Labute approximate surface area is 120 Å². The zero-order chi connectivity index (χ0) is 15.6. The van der Waals surface area contributed by atoms with Gasteiger partial charge in [-0.1, -0.05) is 34.1 Å². The van der Waals surface area contributed by atoms with Gasteiger partial charge >= 0.3 is 12.4 Å². The number of benzene rings is 1. The van der Waals surface area contributed by atoms with Crippen LogP contribution in [0.1, 0.15) is 5.56 Å². The fourth-order valence-electron chi connectivity index (χ4n) is 1.93. The lowest BCUT2D eigenvalue weighted by molar-refractivity contribution is -0.291. The van der Waals surface area contributed by atoms with Crippen molar-refractivity contribution < 1.29 is 26.3 Å². The third kappa shape index (κ3) is 4.37. The topological polar surface area (TPSA) is 12.0 Å². The van der Waals surface area contributed by atoms with Gasteiger partial charge in [0.15, 0.2) is 5.92 Å². The normalized spacial score (nSPS) is 14.7. The molecular formula is C12H12BrF6N. The molecule has 0 aliphatic heterocycles. The molecule has 1 aromatic carbocycles. The third-order valence-electron chi connectivity index (χ3n) is 2.88. The van der Waals surface area contributed by atoms with E-state index in [0.717, 1.165) is 7.05 Å². The van der Waals surface area contributed by atoms with Crippen molar-refractivity contribution in [1.29, 1.82) is 0 Å². The number of likely N-dealkylation sites (N-methyl/N-ethyl adjacent to an activating group) is 1. The maximum atomic E-state index is 12.7. The van der Waals surface area contributed by atoms with Gasteiger partial charge in [0.1, 0.15) is 0 Å². The largest absolute Gasteiger partial charge is 0.402 e. The minimum atomic E-state index is -5.35. The molecule has 0 aromatic heterocycles. The average molecular weight is 364 g/mol. The number of halogens is 7. The predicted molar refractivity (Wildman–Crippen MR) is 66.3 cm³/mol. The van der Waals surface area contributed by atoms with Crippen LogP contribution in [0.25, 0.3) is 0 Å². The molecule has 0 saturated carbocycles. The summed E-state index contributed by atoms with van der Waals surface area (Å²) in [7, 11) is 1.09. The lowest BCUT2D eigenvalue weighted by Crippen LogP contribution is -2.51. The Morgan fingerprint density at radius 3 is 1.95 bits per heavy atom. The Hall–Kier alpha value is -0.760. The van der Waals surface area contributed by atoms with E-state index < -0.39 is 24.3 Å². The minimum absolute atomic E-state index is 0.380. The Morgan fingerprint density at radius 2 is 1.55 bits per heavy atom. The van der Waals surface area contributed by atoms with Gasteiger partial charge in [-0.25, -0.2) is 0 Å². The molecule has 0 amide bonds. The summed E-state index contributed by atoms with van der Waals surface area (Å²) in [5.74, 6) is -3.41. The van der Waals surface area contributed by atoms with Crippen molar-refractivity contribution in [3.05, 3.63) is 34.3 Å². The van der Waals surface area contributed by atoms with E-state index in [1.807, 2.05) is 0 Å². The molecule has 0 saturated heterocycles. The fraction of sp³-hybridized carbons (Fsp3) is 0.500. The van der Waals surface area contributed by atoms with Gasteiger partial charge in [0.2, 0.25) is 0 Å². The second kappa shape index (κ2) is 6.34. The monoisotopic (exact) mass is 363 g/mol. The van der Waals surface area contributed by atoms with Crippen LogP contribution in [0.3, 0.4) is 0 Å². The first-order chi connectivity index (χ1) is 9.07. The van der Waals surface area contributed by atoms with Crippen molar-refractivity contribution in [1.82, 2.24) is 5.32 Å². The van der Waals surface area contributed by atoms with Crippen LogP contribution < -0.4 is 5.32 Å². The molecule has 1 aromatic rings. The minimum Gasteiger partial charge on any atom is -0.316 e. The highest BCUT2D eigenvalue weighted by atomic mass is 79.9. The molecule has 1 atom stereocenters. The Kier molecular flexibility index (Phi) is 5.48. The second-order valence-corrected chi connectivity index (χ2v) is 5.11. The SMILES string of the molecule is CNC(Cc1ccccc1Br)C(C(F)(F)F)C(F)(F)F. The standard InChI is InChI=1S/C12H12BrF6N/c1-20-9(6-7-4-2-3-5-8(7)13)10(11(14,15)16)12(17,18)19/h2-5,9-10,20H,6H2,1H3. The molecule has 1 rings (SSSR count). The van der Waals surface area contributed by atoms with E-state index in [4.69, 9.17) is 0 Å². The smallest absolute Gasteiger partial charge is 0.316 e. The van der Waals surface area contributed by atoms with Crippen LogP contribution in [0.15, 0.2) is 28.7 Å².